The fourth-order valence-electron chi connectivity index (χ4n) is 4.90. The zero-order valence-corrected chi connectivity index (χ0v) is 19.1. The maximum Gasteiger partial charge on any atom is 0.315 e. The van der Waals surface area contributed by atoms with Crippen molar-refractivity contribution in [1.82, 2.24) is 0 Å². The second-order valence-electron chi connectivity index (χ2n) is 9.10. The summed E-state index contributed by atoms with van der Waals surface area (Å²) in [5.41, 5.74) is 6.45. The van der Waals surface area contributed by atoms with E-state index in [-0.39, 0.29) is 23.8 Å². The van der Waals surface area contributed by atoms with Gasteiger partial charge in [-0.15, -0.1) is 0 Å². The molecule has 162 valence electrons. The first-order chi connectivity index (χ1) is 14.7. The lowest BCUT2D eigenvalue weighted by molar-refractivity contribution is -0.151. The molecule has 2 aliphatic rings. The summed E-state index contributed by atoms with van der Waals surface area (Å²) in [5.74, 6) is -0.561. The number of esters is 2. The van der Waals surface area contributed by atoms with E-state index in [2.05, 4.69) is 12.2 Å². The number of allylic oxidation sites excluding steroid dienone is 2. The molecule has 31 heavy (non-hydrogen) atoms. The van der Waals surface area contributed by atoms with Gasteiger partial charge in [0.25, 0.3) is 0 Å². The maximum atomic E-state index is 13.2. The molecule has 2 aromatic carbocycles. The van der Waals surface area contributed by atoms with Crippen molar-refractivity contribution in [3.05, 3.63) is 69.8 Å². The molecule has 4 rings (SSSR count). The van der Waals surface area contributed by atoms with E-state index >= 15 is 0 Å². The zero-order valence-electron chi connectivity index (χ0n) is 19.1. The zero-order chi connectivity index (χ0) is 22.4. The molecule has 0 spiro atoms. The molecule has 4 heteroatoms. The molecule has 0 saturated heterocycles. The minimum atomic E-state index is -0.518. The molecule has 4 unspecified atom stereocenters. The van der Waals surface area contributed by atoms with Crippen LogP contribution in [0.15, 0.2) is 36.4 Å². The van der Waals surface area contributed by atoms with Gasteiger partial charge in [-0.05, 0) is 105 Å². The van der Waals surface area contributed by atoms with Crippen molar-refractivity contribution in [3.8, 4) is 11.5 Å². The molecule has 2 aromatic rings. The normalized spacial score (nSPS) is 23.8. The number of carbonyl (C=O) groups is 2. The van der Waals surface area contributed by atoms with Crippen LogP contribution in [0.4, 0.5) is 0 Å². The van der Waals surface area contributed by atoms with Crippen LogP contribution in [0.2, 0.25) is 0 Å². The Balaban J connectivity index is 1.57. The van der Waals surface area contributed by atoms with Gasteiger partial charge in [-0.25, -0.2) is 0 Å². The number of hydrogen-bond acceptors (Lipinski definition) is 4. The van der Waals surface area contributed by atoms with Crippen molar-refractivity contribution in [2.75, 3.05) is 0 Å². The van der Waals surface area contributed by atoms with E-state index in [0.29, 0.717) is 11.5 Å². The van der Waals surface area contributed by atoms with Crippen LogP contribution in [0.1, 0.15) is 39.8 Å². The Morgan fingerprint density at radius 2 is 1.03 bits per heavy atom. The molecule has 0 amide bonds. The van der Waals surface area contributed by atoms with Crippen LogP contribution in [0.5, 0.6) is 11.5 Å². The van der Waals surface area contributed by atoms with Gasteiger partial charge in [0.05, 0.1) is 11.8 Å². The molecule has 0 aromatic heterocycles. The summed E-state index contributed by atoms with van der Waals surface area (Å²) in [6, 6.07) is 7.59. The summed E-state index contributed by atoms with van der Waals surface area (Å²) >= 11 is 0. The van der Waals surface area contributed by atoms with Crippen LogP contribution in [-0.4, -0.2) is 11.9 Å². The molecule has 1 saturated carbocycles. The molecular weight excluding hydrogens is 388 g/mol. The first kappa shape index (κ1) is 21.4. The van der Waals surface area contributed by atoms with Gasteiger partial charge in [0.1, 0.15) is 11.5 Å². The molecule has 1 fully saturated rings. The van der Waals surface area contributed by atoms with Crippen molar-refractivity contribution in [2.45, 2.75) is 48.0 Å². The number of benzene rings is 2. The highest BCUT2D eigenvalue weighted by Gasteiger charge is 2.53. The van der Waals surface area contributed by atoms with Crippen molar-refractivity contribution in [1.29, 1.82) is 0 Å². The number of ether oxygens (including phenoxy) is 2. The number of fused-ring (bicyclic) bond motifs is 2. The van der Waals surface area contributed by atoms with Crippen LogP contribution in [0.25, 0.3) is 0 Å². The lowest BCUT2D eigenvalue weighted by Gasteiger charge is -2.25. The second kappa shape index (κ2) is 7.99. The molecule has 4 nitrogen and oxygen atoms in total. The lowest BCUT2D eigenvalue weighted by Crippen LogP contribution is -2.37. The van der Waals surface area contributed by atoms with E-state index in [0.717, 1.165) is 39.8 Å². The minimum Gasteiger partial charge on any atom is -0.426 e. The smallest absolute Gasteiger partial charge is 0.315 e. The highest BCUT2D eigenvalue weighted by molar-refractivity contribution is 5.87. The van der Waals surface area contributed by atoms with Crippen molar-refractivity contribution in [2.24, 2.45) is 23.7 Å². The van der Waals surface area contributed by atoms with Crippen LogP contribution in [0, 0.1) is 65.2 Å². The first-order valence-corrected chi connectivity index (χ1v) is 10.9. The van der Waals surface area contributed by atoms with Gasteiger partial charge in [-0.3, -0.25) is 9.59 Å². The summed E-state index contributed by atoms with van der Waals surface area (Å²) in [6.07, 6.45) is 4.89. The third kappa shape index (κ3) is 3.69. The Bertz CT molecular complexity index is 1010. The second-order valence-corrected chi connectivity index (χ2v) is 9.10. The van der Waals surface area contributed by atoms with E-state index in [4.69, 9.17) is 9.47 Å². The molecular formula is C27H30O4. The van der Waals surface area contributed by atoms with Gasteiger partial charge in [0.15, 0.2) is 0 Å². The van der Waals surface area contributed by atoms with Crippen LogP contribution < -0.4 is 9.47 Å². The van der Waals surface area contributed by atoms with Crippen molar-refractivity contribution >= 4 is 11.9 Å². The highest BCUT2D eigenvalue weighted by atomic mass is 16.5. The predicted molar refractivity (Wildman–Crippen MR) is 120 cm³/mol. The van der Waals surface area contributed by atoms with Gasteiger partial charge < -0.3 is 9.47 Å². The van der Waals surface area contributed by atoms with Gasteiger partial charge in [-0.2, -0.15) is 0 Å². The molecule has 4 atom stereocenters. The average Bonchev–Trinajstić information content (AvgIpc) is 3.36. The average molecular weight is 419 g/mol. The largest absolute Gasteiger partial charge is 0.426 e. The van der Waals surface area contributed by atoms with E-state index in [1.807, 2.05) is 65.8 Å². The van der Waals surface area contributed by atoms with Gasteiger partial charge in [0, 0.05) is 0 Å². The molecule has 0 N–H and O–H groups in total. The van der Waals surface area contributed by atoms with Crippen molar-refractivity contribution < 1.29 is 19.1 Å². The van der Waals surface area contributed by atoms with Crippen LogP contribution >= 0.6 is 0 Å². The lowest BCUT2D eigenvalue weighted by atomic mass is 9.83. The quantitative estimate of drug-likeness (QED) is 0.374. The number of hydrogen-bond donors (Lipinski definition) is 0. The van der Waals surface area contributed by atoms with Gasteiger partial charge in [0.2, 0.25) is 0 Å². The molecule has 0 heterocycles. The van der Waals surface area contributed by atoms with E-state index in [1.54, 1.807) is 0 Å². The highest BCUT2D eigenvalue weighted by Crippen LogP contribution is 2.49. The summed E-state index contributed by atoms with van der Waals surface area (Å²) in [5, 5.41) is 0. The van der Waals surface area contributed by atoms with Gasteiger partial charge >= 0.3 is 11.9 Å². The van der Waals surface area contributed by atoms with E-state index < -0.39 is 11.8 Å². The summed E-state index contributed by atoms with van der Waals surface area (Å²) in [6.45, 7) is 12.0. The van der Waals surface area contributed by atoms with Gasteiger partial charge in [-0.1, -0.05) is 24.3 Å². The molecule has 2 bridgehead atoms. The SMILES string of the molecule is Cc1ccc(OC(=O)C2C3C=CC(C3)C2C(=O)Oc2ccc(C)c(C)c2C)c(C)c1C. The fourth-order valence-corrected chi connectivity index (χ4v) is 4.90. The Morgan fingerprint density at radius 3 is 1.42 bits per heavy atom. The summed E-state index contributed by atoms with van der Waals surface area (Å²) in [4.78, 5) is 26.4. The van der Waals surface area contributed by atoms with Crippen LogP contribution in [-0.2, 0) is 9.59 Å². The molecule has 2 aliphatic carbocycles. The standard InChI is InChI=1S/C27H30O4/c1-14-7-11-22(18(5)16(14)3)30-26(28)24-20-9-10-21(13-20)25(24)27(29)31-23-12-8-15(2)17(4)19(23)6/h7-12,20-21,24-25H,13H2,1-6H3. The molecule has 0 radical (unpaired) electrons. The number of carbonyl (C=O) groups excluding carboxylic acids is 2. The van der Waals surface area contributed by atoms with Crippen LogP contribution in [0.3, 0.4) is 0 Å². The minimum absolute atomic E-state index is 0.0164. The fraction of sp³-hybridized carbons (Fsp3) is 0.407. The Morgan fingerprint density at radius 1 is 0.645 bits per heavy atom. The third-order valence-electron chi connectivity index (χ3n) is 7.44. The Kier molecular flexibility index (Phi) is 5.50. The van der Waals surface area contributed by atoms with Crippen molar-refractivity contribution in [3.63, 3.8) is 0 Å². The molecule has 0 aliphatic heterocycles. The monoisotopic (exact) mass is 418 g/mol. The Labute approximate surface area is 184 Å². The predicted octanol–water partition coefficient (Wildman–Crippen LogP) is 5.49. The van der Waals surface area contributed by atoms with E-state index in [1.165, 1.54) is 0 Å². The topological polar surface area (TPSA) is 52.6 Å². The maximum absolute atomic E-state index is 13.2. The Hall–Kier alpha value is -2.88. The first-order valence-electron chi connectivity index (χ1n) is 10.9. The van der Waals surface area contributed by atoms with E-state index in [9.17, 15) is 9.59 Å². The third-order valence-corrected chi connectivity index (χ3v) is 7.44. The summed E-state index contributed by atoms with van der Waals surface area (Å²) < 4.78 is 11.7. The summed E-state index contributed by atoms with van der Waals surface area (Å²) in [7, 11) is 0. The number of rotatable bonds is 4. The number of aryl methyl sites for hydroxylation is 2.